The van der Waals surface area contributed by atoms with Crippen LogP contribution in [0.25, 0.3) is 0 Å². The monoisotopic (exact) mass is 755 g/mol. The maximum atomic E-state index is 13.9. The normalized spacial score (nSPS) is 19.3. The van der Waals surface area contributed by atoms with Gasteiger partial charge in [0, 0.05) is 6.54 Å². The van der Waals surface area contributed by atoms with Gasteiger partial charge in [-0.1, -0.05) is 102 Å². The lowest BCUT2D eigenvalue weighted by Gasteiger charge is -2.34. The van der Waals surface area contributed by atoms with Crippen molar-refractivity contribution >= 4 is 41.5 Å². The number of carboxylic acid groups (broad SMARTS) is 1. The van der Waals surface area contributed by atoms with E-state index in [1.807, 2.05) is 50.2 Å². The topological polar surface area (TPSA) is 200 Å². The highest BCUT2D eigenvalue weighted by atomic mass is 16.5. The maximum absolute atomic E-state index is 13.9. The van der Waals surface area contributed by atoms with Crippen molar-refractivity contribution in [3.8, 4) is 0 Å². The minimum absolute atomic E-state index is 0.0917. The van der Waals surface area contributed by atoms with E-state index < -0.39 is 66.3 Å². The zero-order valence-electron chi connectivity index (χ0n) is 32.2. The van der Waals surface area contributed by atoms with Crippen LogP contribution < -0.4 is 21.3 Å². The number of hydrogen-bond donors (Lipinski definition) is 5. The van der Waals surface area contributed by atoms with Gasteiger partial charge in [0.15, 0.2) is 0 Å². The highest BCUT2D eigenvalue weighted by Crippen LogP contribution is 2.30. The van der Waals surface area contributed by atoms with E-state index in [2.05, 4.69) is 21.3 Å². The van der Waals surface area contributed by atoms with Crippen LogP contribution in [0.4, 0.5) is 4.79 Å². The Bertz CT molecular complexity index is 1350. The summed E-state index contributed by atoms with van der Waals surface area (Å²) < 4.78 is 5.31. The summed E-state index contributed by atoms with van der Waals surface area (Å²) in [7, 11) is 0. The molecule has 0 aromatic heterocycles. The van der Waals surface area contributed by atoms with Gasteiger partial charge in [0.25, 0.3) is 5.91 Å². The molecule has 3 aliphatic rings. The van der Waals surface area contributed by atoms with E-state index in [1.54, 1.807) is 6.92 Å². The molecule has 5 amide bonds. The summed E-state index contributed by atoms with van der Waals surface area (Å²) in [5, 5.41) is 19.8. The Balaban J connectivity index is 0.00000118. The molecule has 1 saturated heterocycles. The number of carbonyl (C=O) groups excluding carboxylic acids is 6. The average molecular weight is 756 g/mol. The highest BCUT2D eigenvalue weighted by molar-refractivity contribution is 6.38. The van der Waals surface area contributed by atoms with Crippen molar-refractivity contribution in [3.05, 3.63) is 36.4 Å². The molecule has 0 bridgehead atoms. The lowest BCUT2D eigenvalue weighted by atomic mass is 9.83. The van der Waals surface area contributed by atoms with Gasteiger partial charge in [0.1, 0.15) is 18.1 Å². The van der Waals surface area contributed by atoms with Gasteiger partial charge in [-0.25, -0.2) is 9.59 Å². The lowest BCUT2D eigenvalue weighted by Crippen LogP contribution is -2.58. The first-order chi connectivity index (χ1) is 25.9. The summed E-state index contributed by atoms with van der Waals surface area (Å²) >= 11 is 0. The Kier molecular flexibility index (Phi) is 19.0. The van der Waals surface area contributed by atoms with Crippen molar-refractivity contribution in [3.63, 3.8) is 0 Å². The Morgan fingerprint density at radius 1 is 0.741 bits per heavy atom. The van der Waals surface area contributed by atoms with Crippen LogP contribution in [0.1, 0.15) is 111 Å². The number of nitrogens with zero attached hydrogens (tertiary/aromatic N) is 1. The van der Waals surface area contributed by atoms with E-state index >= 15 is 0 Å². The first-order valence-electron chi connectivity index (χ1n) is 19.8. The van der Waals surface area contributed by atoms with Crippen molar-refractivity contribution < 1.29 is 43.4 Å². The Morgan fingerprint density at radius 2 is 1.30 bits per heavy atom. The third-order valence-corrected chi connectivity index (χ3v) is 10.3. The fourth-order valence-corrected chi connectivity index (χ4v) is 7.43. The fourth-order valence-electron chi connectivity index (χ4n) is 7.43. The van der Waals surface area contributed by atoms with Crippen molar-refractivity contribution in [2.45, 2.75) is 135 Å². The van der Waals surface area contributed by atoms with Crippen LogP contribution in [0, 0.1) is 17.8 Å². The number of carboxylic acids is 1. The first kappa shape index (κ1) is 43.9. The number of hydrogen-bond acceptors (Lipinski definition) is 8. The standard InChI is InChI=1S/C34H55N5O9.C6H6/c1-4-12-24(29(41)31(43)35-19-26(40)37-28(33(45)46)23-15-9-6-10-16-23)36-30(42)25-17-11-18-39(25)32(44)27(22-13-7-5-8-14-22)38-34(47)48-20-21(2)3;1-2-4-6-5-3-1/h21-25,27-28H,4-20H2,1-3H3,(H,35,43)(H,36,42)(H,37,40)(H,38,47)(H,45,46);1-6H/t24?,25-,27-,28?;/m0./s1. The van der Waals surface area contributed by atoms with Crippen LogP contribution >= 0.6 is 0 Å². The van der Waals surface area contributed by atoms with Gasteiger partial charge in [-0.2, -0.15) is 0 Å². The molecule has 2 unspecified atom stereocenters. The molecule has 1 heterocycles. The fraction of sp³-hybridized carbons (Fsp3) is 0.675. The zero-order chi connectivity index (χ0) is 39.5. The molecule has 0 radical (unpaired) electrons. The van der Waals surface area contributed by atoms with Crippen LogP contribution in [-0.4, -0.2) is 95.3 Å². The number of carbonyl (C=O) groups is 7. The molecule has 2 saturated carbocycles. The number of nitrogens with one attached hydrogen (secondary N) is 4. The average Bonchev–Trinajstić information content (AvgIpc) is 3.68. The molecule has 54 heavy (non-hydrogen) atoms. The quantitative estimate of drug-likeness (QED) is 0.154. The molecule has 14 heteroatoms. The minimum Gasteiger partial charge on any atom is -0.480 e. The SMILES string of the molecule is CCCC(NC(=O)[C@@H]1CCCN1C(=O)[C@@H](NC(=O)OCC(C)C)C1CCCCC1)C(=O)C(=O)NCC(=O)NC(C(=O)O)C1CCCCC1.c1ccccc1. The van der Waals surface area contributed by atoms with Gasteiger partial charge in [-0.15, -0.1) is 0 Å². The van der Waals surface area contributed by atoms with E-state index in [0.717, 1.165) is 51.4 Å². The molecule has 14 nitrogen and oxygen atoms in total. The lowest BCUT2D eigenvalue weighted by molar-refractivity contribution is -0.144. The van der Waals surface area contributed by atoms with Crippen LogP contribution in [0.3, 0.4) is 0 Å². The van der Waals surface area contributed by atoms with Crippen molar-refractivity contribution in [1.82, 2.24) is 26.2 Å². The summed E-state index contributed by atoms with van der Waals surface area (Å²) in [6.07, 6.45) is 9.49. The number of alkyl carbamates (subject to hydrolysis) is 1. The van der Waals surface area contributed by atoms with Gasteiger partial charge < -0.3 is 36.0 Å². The predicted molar refractivity (Wildman–Crippen MR) is 202 cm³/mol. The van der Waals surface area contributed by atoms with Gasteiger partial charge in [-0.3, -0.25) is 24.0 Å². The van der Waals surface area contributed by atoms with E-state index in [-0.39, 0.29) is 36.7 Å². The molecular formula is C40H61N5O9. The number of amides is 5. The number of likely N-dealkylation sites (tertiary alicyclic amines) is 1. The Morgan fingerprint density at radius 3 is 1.81 bits per heavy atom. The zero-order valence-corrected chi connectivity index (χ0v) is 32.2. The summed E-state index contributed by atoms with van der Waals surface area (Å²) in [4.78, 5) is 91.8. The Hall–Kier alpha value is -4.49. The number of rotatable bonds is 16. The molecule has 0 spiro atoms. The number of ketones is 1. The van der Waals surface area contributed by atoms with E-state index in [4.69, 9.17) is 4.74 Å². The highest BCUT2D eigenvalue weighted by Gasteiger charge is 2.42. The van der Waals surface area contributed by atoms with Gasteiger partial charge in [-0.05, 0) is 62.7 Å². The second kappa shape index (κ2) is 23.3. The van der Waals surface area contributed by atoms with E-state index in [9.17, 15) is 38.7 Å². The number of aliphatic carboxylic acids is 1. The van der Waals surface area contributed by atoms with Crippen molar-refractivity contribution in [2.24, 2.45) is 17.8 Å². The second-order valence-electron chi connectivity index (χ2n) is 15.0. The molecule has 300 valence electrons. The largest absolute Gasteiger partial charge is 0.480 e. The molecule has 1 aromatic rings. The number of benzene rings is 1. The summed E-state index contributed by atoms with van der Waals surface area (Å²) in [5.74, 6) is -4.98. The minimum atomic E-state index is -1.18. The van der Waals surface area contributed by atoms with Gasteiger partial charge in [0.05, 0.1) is 19.2 Å². The molecule has 4 rings (SSSR count). The third-order valence-electron chi connectivity index (χ3n) is 10.3. The maximum Gasteiger partial charge on any atom is 0.407 e. The molecule has 3 fully saturated rings. The van der Waals surface area contributed by atoms with E-state index in [0.29, 0.717) is 38.6 Å². The summed E-state index contributed by atoms with van der Waals surface area (Å²) in [5.41, 5.74) is 0. The Labute approximate surface area is 319 Å². The molecule has 5 N–H and O–H groups in total. The van der Waals surface area contributed by atoms with Gasteiger partial charge in [0.2, 0.25) is 23.5 Å². The van der Waals surface area contributed by atoms with Crippen LogP contribution in [0.5, 0.6) is 0 Å². The van der Waals surface area contributed by atoms with Crippen LogP contribution in [-0.2, 0) is 33.5 Å². The molecule has 1 aliphatic heterocycles. The van der Waals surface area contributed by atoms with Crippen LogP contribution in [0.15, 0.2) is 36.4 Å². The summed E-state index contributed by atoms with van der Waals surface area (Å²) in [6, 6.07) is 8.01. The van der Waals surface area contributed by atoms with E-state index in [1.165, 1.54) is 4.90 Å². The molecule has 1 aromatic carbocycles. The second-order valence-corrected chi connectivity index (χ2v) is 15.0. The first-order valence-corrected chi connectivity index (χ1v) is 19.8. The van der Waals surface area contributed by atoms with Crippen LogP contribution in [0.2, 0.25) is 0 Å². The van der Waals surface area contributed by atoms with Crippen molar-refractivity contribution in [2.75, 3.05) is 19.7 Å². The van der Waals surface area contributed by atoms with Crippen molar-refractivity contribution in [1.29, 1.82) is 0 Å². The molecule has 4 atom stereocenters. The number of Topliss-reactive ketones (excluding diaryl/α,β-unsaturated/α-hetero) is 1. The predicted octanol–water partition coefficient (Wildman–Crippen LogP) is 4.12. The molecule has 2 aliphatic carbocycles. The molecular weight excluding hydrogens is 694 g/mol. The summed E-state index contributed by atoms with van der Waals surface area (Å²) in [6.45, 7) is 5.55. The smallest absolute Gasteiger partial charge is 0.407 e. The third kappa shape index (κ3) is 14.4. The number of ether oxygens (including phenoxy) is 1. The van der Waals surface area contributed by atoms with Gasteiger partial charge >= 0.3 is 12.1 Å².